The number of hydrogen-bond acceptors (Lipinski definition) is 4. The molecule has 1 fully saturated rings. The number of nitrogens with zero attached hydrogens (tertiary/aromatic N) is 3. The minimum atomic E-state index is -0.598. The van der Waals surface area contributed by atoms with Gasteiger partial charge in [-0.25, -0.2) is 0 Å². The summed E-state index contributed by atoms with van der Waals surface area (Å²) in [5, 5.41) is 3.02. The number of aromatic nitrogens is 2. The Morgan fingerprint density at radius 1 is 0.933 bits per heavy atom. The Hall–Kier alpha value is -2.87. The zero-order valence-corrected chi connectivity index (χ0v) is 18.5. The molecule has 0 radical (unpaired) electrons. The molecule has 1 N–H and O–H groups in total. The van der Waals surface area contributed by atoms with Crippen LogP contribution in [0.15, 0.2) is 50.5 Å². The third-order valence-corrected chi connectivity index (χ3v) is 6.36. The summed E-state index contributed by atoms with van der Waals surface area (Å²) < 4.78 is 3.42. The smallest absolute Gasteiger partial charge is 0.316 e. The van der Waals surface area contributed by atoms with E-state index in [-0.39, 0.29) is 5.91 Å². The van der Waals surface area contributed by atoms with E-state index in [0.29, 0.717) is 26.8 Å². The van der Waals surface area contributed by atoms with Crippen LogP contribution in [0.5, 0.6) is 0 Å². The molecule has 0 bridgehead atoms. The monoisotopic (exact) mass is 470 g/mol. The van der Waals surface area contributed by atoms with Crippen molar-refractivity contribution in [2.45, 2.75) is 19.3 Å². The van der Waals surface area contributed by atoms with Gasteiger partial charge in [-0.2, -0.15) is 0 Å². The van der Waals surface area contributed by atoms with Crippen LogP contribution in [-0.2, 0) is 14.1 Å². The standard InChI is InChI=1S/C22H23BrN4O3/c1-25-18-12-16(24-20(28)14-8-4-5-9-15(14)23)17(27-10-6-3-7-11-27)13-19(18)26(2)22(30)21(25)29/h4-5,8-9,12-13H,3,6-7,10-11H2,1-2H3,(H,24,28). The van der Waals surface area contributed by atoms with Crippen molar-refractivity contribution in [3.8, 4) is 0 Å². The van der Waals surface area contributed by atoms with Gasteiger partial charge in [0.15, 0.2) is 0 Å². The molecule has 1 aliphatic rings. The molecule has 2 aromatic carbocycles. The van der Waals surface area contributed by atoms with Crippen molar-refractivity contribution in [1.29, 1.82) is 0 Å². The zero-order valence-electron chi connectivity index (χ0n) is 16.9. The fourth-order valence-electron chi connectivity index (χ4n) is 3.94. The molecule has 0 spiro atoms. The average Bonchev–Trinajstić information content (AvgIpc) is 2.76. The fraction of sp³-hybridized carbons (Fsp3) is 0.318. The maximum atomic E-state index is 13.0. The van der Waals surface area contributed by atoms with Gasteiger partial charge in [-0.05, 0) is 59.5 Å². The lowest BCUT2D eigenvalue weighted by Crippen LogP contribution is -2.39. The van der Waals surface area contributed by atoms with Crippen molar-refractivity contribution in [2.24, 2.45) is 14.1 Å². The fourth-order valence-corrected chi connectivity index (χ4v) is 4.41. The van der Waals surface area contributed by atoms with Crippen molar-refractivity contribution >= 4 is 44.2 Å². The molecular weight excluding hydrogens is 448 g/mol. The minimum Gasteiger partial charge on any atom is -0.370 e. The van der Waals surface area contributed by atoms with Gasteiger partial charge in [0.2, 0.25) is 0 Å². The second-order valence-corrected chi connectivity index (χ2v) is 8.42. The summed E-state index contributed by atoms with van der Waals surface area (Å²) in [7, 11) is 3.18. The van der Waals surface area contributed by atoms with Gasteiger partial charge in [0.25, 0.3) is 5.91 Å². The number of fused-ring (bicyclic) bond motifs is 1. The highest BCUT2D eigenvalue weighted by Gasteiger charge is 2.20. The van der Waals surface area contributed by atoms with Gasteiger partial charge in [0, 0.05) is 31.7 Å². The SMILES string of the molecule is Cn1c(=O)c(=O)n(C)c2cc(N3CCCCC3)c(NC(=O)c3ccccc3Br)cc21. The number of carbonyl (C=O) groups excluding carboxylic acids is 1. The summed E-state index contributed by atoms with van der Waals surface area (Å²) in [6.45, 7) is 1.76. The zero-order chi connectivity index (χ0) is 21.4. The molecule has 0 atom stereocenters. The molecule has 0 saturated carbocycles. The molecule has 30 heavy (non-hydrogen) atoms. The number of amides is 1. The van der Waals surface area contributed by atoms with Crippen LogP contribution in [0, 0.1) is 0 Å². The molecular formula is C22H23BrN4O3. The van der Waals surface area contributed by atoms with Crippen LogP contribution in [0.2, 0.25) is 0 Å². The molecule has 3 aromatic rings. The lowest BCUT2D eigenvalue weighted by molar-refractivity contribution is 0.102. The Bertz CT molecular complexity index is 1260. The summed E-state index contributed by atoms with van der Waals surface area (Å²) in [5.41, 5.74) is 2.08. The molecule has 4 rings (SSSR count). The number of anilines is 2. The third kappa shape index (κ3) is 3.56. The molecule has 1 saturated heterocycles. The lowest BCUT2D eigenvalue weighted by Gasteiger charge is -2.31. The highest BCUT2D eigenvalue weighted by Crippen LogP contribution is 2.33. The second-order valence-electron chi connectivity index (χ2n) is 7.57. The first kappa shape index (κ1) is 20.4. The van der Waals surface area contributed by atoms with Gasteiger partial charge in [-0.15, -0.1) is 0 Å². The van der Waals surface area contributed by atoms with Crippen molar-refractivity contribution in [3.05, 3.63) is 67.1 Å². The normalized spacial score (nSPS) is 14.2. The number of carbonyl (C=O) groups is 1. The van der Waals surface area contributed by atoms with E-state index in [4.69, 9.17) is 0 Å². The number of halogens is 1. The number of hydrogen-bond donors (Lipinski definition) is 1. The first-order valence-electron chi connectivity index (χ1n) is 9.93. The Morgan fingerprint density at radius 3 is 2.17 bits per heavy atom. The average molecular weight is 471 g/mol. The minimum absolute atomic E-state index is 0.241. The first-order valence-corrected chi connectivity index (χ1v) is 10.7. The van der Waals surface area contributed by atoms with Crippen LogP contribution in [0.4, 0.5) is 11.4 Å². The molecule has 0 unspecified atom stereocenters. The van der Waals surface area contributed by atoms with Crippen molar-refractivity contribution in [1.82, 2.24) is 9.13 Å². The van der Waals surface area contributed by atoms with E-state index in [2.05, 4.69) is 26.1 Å². The van der Waals surface area contributed by atoms with E-state index in [1.807, 2.05) is 24.3 Å². The molecule has 1 amide bonds. The van der Waals surface area contributed by atoms with Crippen LogP contribution in [-0.4, -0.2) is 28.1 Å². The summed E-state index contributed by atoms with van der Waals surface area (Å²) in [4.78, 5) is 39.9. The van der Waals surface area contributed by atoms with Gasteiger partial charge in [-0.3, -0.25) is 14.4 Å². The number of aryl methyl sites for hydroxylation is 2. The van der Waals surface area contributed by atoms with E-state index in [1.165, 1.54) is 15.6 Å². The highest BCUT2D eigenvalue weighted by atomic mass is 79.9. The topological polar surface area (TPSA) is 76.3 Å². The van der Waals surface area contributed by atoms with Crippen LogP contribution in [0.1, 0.15) is 29.6 Å². The predicted octanol–water partition coefficient (Wildman–Crippen LogP) is 3.24. The Labute approximate surface area is 182 Å². The lowest BCUT2D eigenvalue weighted by atomic mass is 10.1. The van der Waals surface area contributed by atoms with Gasteiger partial charge in [0.05, 0.1) is 28.0 Å². The van der Waals surface area contributed by atoms with E-state index in [9.17, 15) is 14.4 Å². The highest BCUT2D eigenvalue weighted by molar-refractivity contribution is 9.10. The number of piperidine rings is 1. The number of rotatable bonds is 3. The Kier molecular flexibility index (Phi) is 5.51. The van der Waals surface area contributed by atoms with Gasteiger partial charge in [0.1, 0.15) is 0 Å². The second kappa shape index (κ2) is 8.10. The van der Waals surface area contributed by atoms with Gasteiger partial charge >= 0.3 is 11.1 Å². The van der Waals surface area contributed by atoms with E-state index in [1.54, 1.807) is 26.2 Å². The van der Waals surface area contributed by atoms with Crippen LogP contribution >= 0.6 is 15.9 Å². The quantitative estimate of drug-likeness (QED) is 0.596. The summed E-state index contributed by atoms with van der Waals surface area (Å²) >= 11 is 3.43. The number of nitrogens with one attached hydrogen (secondary N) is 1. The van der Waals surface area contributed by atoms with Crippen LogP contribution < -0.4 is 21.3 Å². The molecule has 7 nitrogen and oxygen atoms in total. The largest absolute Gasteiger partial charge is 0.370 e. The maximum absolute atomic E-state index is 13.0. The van der Waals surface area contributed by atoms with E-state index >= 15 is 0 Å². The molecule has 8 heteroatoms. The number of benzene rings is 2. The van der Waals surface area contributed by atoms with Gasteiger partial charge < -0.3 is 19.4 Å². The maximum Gasteiger partial charge on any atom is 0.316 e. The van der Waals surface area contributed by atoms with Crippen molar-refractivity contribution in [3.63, 3.8) is 0 Å². The molecule has 1 aromatic heterocycles. The Morgan fingerprint density at radius 2 is 1.53 bits per heavy atom. The van der Waals surface area contributed by atoms with Crippen molar-refractivity contribution in [2.75, 3.05) is 23.3 Å². The predicted molar refractivity (Wildman–Crippen MR) is 123 cm³/mol. The van der Waals surface area contributed by atoms with Crippen molar-refractivity contribution < 1.29 is 4.79 Å². The molecule has 1 aliphatic heterocycles. The Balaban J connectivity index is 1.89. The molecule has 156 valence electrons. The molecule has 0 aliphatic carbocycles. The molecule has 2 heterocycles. The summed E-state index contributed by atoms with van der Waals surface area (Å²) in [6, 6.07) is 10.9. The first-order chi connectivity index (χ1) is 14.4. The summed E-state index contributed by atoms with van der Waals surface area (Å²) in [6.07, 6.45) is 3.32. The van der Waals surface area contributed by atoms with E-state index in [0.717, 1.165) is 31.6 Å². The van der Waals surface area contributed by atoms with Crippen LogP contribution in [0.3, 0.4) is 0 Å². The summed E-state index contributed by atoms with van der Waals surface area (Å²) in [5.74, 6) is -0.241. The van der Waals surface area contributed by atoms with E-state index < -0.39 is 11.1 Å². The van der Waals surface area contributed by atoms with Gasteiger partial charge in [-0.1, -0.05) is 12.1 Å². The third-order valence-electron chi connectivity index (χ3n) is 5.67. The van der Waals surface area contributed by atoms with Crippen LogP contribution in [0.25, 0.3) is 11.0 Å².